The second-order valence-electron chi connectivity index (χ2n) is 10.9. The van der Waals surface area contributed by atoms with Gasteiger partial charge in [0.2, 0.25) is 5.91 Å². The molecule has 6 heteroatoms. The second-order valence-corrected chi connectivity index (χ2v) is 10.9. The molecule has 6 rings (SSSR count). The summed E-state index contributed by atoms with van der Waals surface area (Å²) in [6.07, 6.45) is 9.06. The van der Waals surface area contributed by atoms with Gasteiger partial charge in [-0.1, -0.05) is 25.6 Å². The number of rotatable bonds is 5. The van der Waals surface area contributed by atoms with Gasteiger partial charge in [0, 0.05) is 23.2 Å². The first-order valence-corrected chi connectivity index (χ1v) is 12.5. The minimum Gasteiger partial charge on any atom is -0.348 e. The van der Waals surface area contributed by atoms with Crippen LogP contribution in [-0.4, -0.2) is 27.8 Å². The maximum Gasteiger partial charge on any atom is 0.270 e. The monoisotopic (exact) mass is 466 g/mol. The molecular formula is C29H30N4O2. The van der Waals surface area contributed by atoms with Crippen LogP contribution < -0.4 is 10.6 Å². The Hall–Kier alpha value is -3.54. The van der Waals surface area contributed by atoms with E-state index in [0.29, 0.717) is 22.5 Å². The molecule has 0 radical (unpaired) electrons. The summed E-state index contributed by atoms with van der Waals surface area (Å²) in [7, 11) is 0. The van der Waals surface area contributed by atoms with Crippen LogP contribution in [0, 0.1) is 23.2 Å². The molecule has 2 bridgehead atoms. The lowest BCUT2D eigenvalue weighted by Crippen LogP contribution is -2.47. The van der Waals surface area contributed by atoms with Gasteiger partial charge in [-0.2, -0.15) is 0 Å². The Balaban J connectivity index is 1.23. The molecule has 2 aromatic heterocycles. The van der Waals surface area contributed by atoms with Gasteiger partial charge in [-0.05, 0) is 91.7 Å². The molecule has 3 aliphatic rings. The summed E-state index contributed by atoms with van der Waals surface area (Å²) in [6.45, 7) is 5.98. The lowest BCUT2D eigenvalue weighted by Gasteiger charge is -2.51. The summed E-state index contributed by atoms with van der Waals surface area (Å²) in [5.41, 5.74) is 3.99. The number of hydrogen-bond acceptors (Lipinski definition) is 4. The average molecular weight is 467 g/mol. The van der Waals surface area contributed by atoms with E-state index in [1.54, 1.807) is 18.3 Å². The van der Waals surface area contributed by atoms with Gasteiger partial charge in [0.05, 0.1) is 16.9 Å². The van der Waals surface area contributed by atoms with Crippen LogP contribution in [0.5, 0.6) is 0 Å². The molecule has 3 aliphatic carbocycles. The highest BCUT2D eigenvalue weighted by atomic mass is 16.2. The molecule has 5 atom stereocenters. The van der Waals surface area contributed by atoms with Crippen molar-refractivity contribution in [3.8, 4) is 11.3 Å². The molecule has 0 spiro atoms. The Morgan fingerprint density at radius 1 is 1.11 bits per heavy atom. The molecule has 6 nitrogen and oxygen atoms in total. The molecule has 2 heterocycles. The SMILES string of the molecule is C=CC(=O)Nc1ccnc2ccc(-c3cccc(C(=O)NC4CC5CC6C(C4)CC6(C)C5)n3)cc12. The molecule has 1 aromatic carbocycles. The zero-order valence-electron chi connectivity index (χ0n) is 20.0. The van der Waals surface area contributed by atoms with E-state index in [-0.39, 0.29) is 17.9 Å². The zero-order valence-corrected chi connectivity index (χ0v) is 20.0. The van der Waals surface area contributed by atoms with Crippen LogP contribution in [0.2, 0.25) is 0 Å². The predicted octanol–water partition coefficient (Wildman–Crippen LogP) is 5.37. The van der Waals surface area contributed by atoms with Gasteiger partial charge >= 0.3 is 0 Å². The van der Waals surface area contributed by atoms with Crippen molar-refractivity contribution in [2.45, 2.75) is 45.1 Å². The Labute approximate surface area is 205 Å². The van der Waals surface area contributed by atoms with Crippen molar-refractivity contribution in [2.75, 3.05) is 5.32 Å². The number of hydrogen-bond donors (Lipinski definition) is 2. The fourth-order valence-electron chi connectivity index (χ4n) is 7.10. The Bertz CT molecular complexity index is 1350. The smallest absolute Gasteiger partial charge is 0.270 e. The van der Waals surface area contributed by atoms with Crippen LogP contribution >= 0.6 is 0 Å². The fourth-order valence-corrected chi connectivity index (χ4v) is 7.10. The molecule has 5 unspecified atom stereocenters. The van der Waals surface area contributed by atoms with Crippen molar-refractivity contribution < 1.29 is 9.59 Å². The molecule has 3 saturated carbocycles. The third-order valence-corrected chi connectivity index (χ3v) is 8.54. The van der Waals surface area contributed by atoms with Crippen molar-refractivity contribution >= 4 is 28.4 Å². The molecule has 2 N–H and O–H groups in total. The zero-order chi connectivity index (χ0) is 24.2. The topological polar surface area (TPSA) is 84.0 Å². The number of anilines is 1. The Morgan fingerprint density at radius 3 is 2.86 bits per heavy atom. The van der Waals surface area contributed by atoms with Crippen LogP contribution in [0.25, 0.3) is 22.2 Å². The molecule has 0 saturated heterocycles. The summed E-state index contributed by atoms with van der Waals surface area (Å²) >= 11 is 0. The molecule has 3 aromatic rings. The fraction of sp³-hybridized carbons (Fsp3) is 0.379. The number of carbonyl (C=O) groups excluding carboxylic acids is 2. The summed E-state index contributed by atoms with van der Waals surface area (Å²) < 4.78 is 0. The highest BCUT2D eigenvalue weighted by molar-refractivity contribution is 6.05. The molecule has 0 aliphatic heterocycles. The summed E-state index contributed by atoms with van der Waals surface area (Å²) in [6, 6.07) is 13.3. The average Bonchev–Trinajstić information content (AvgIpc) is 3.01. The van der Waals surface area contributed by atoms with E-state index in [1.165, 1.54) is 25.3 Å². The Kier molecular flexibility index (Phi) is 5.20. The van der Waals surface area contributed by atoms with Gasteiger partial charge in [-0.25, -0.2) is 4.98 Å². The van der Waals surface area contributed by atoms with Crippen LogP contribution in [0.4, 0.5) is 5.69 Å². The third-order valence-electron chi connectivity index (χ3n) is 8.54. The van der Waals surface area contributed by atoms with Gasteiger partial charge in [0.25, 0.3) is 5.91 Å². The molecular weight excluding hydrogens is 436 g/mol. The largest absolute Gasteiger partial charge is 0.348 e. The van der Waals surface area contributed by atoms with Crippen LogP contribution in [-0.2, 0) is 4.79 Å². The molecule has 3 fully saturated rings. The number of aromatic nitrogens is 2. The van der Waals surface area contributed by atoms with Crippen LogP contribution in [0.3, 0.4) is 0 Å². The van der Waals surface area contributed by atoms with E-state index < -0.39 is 0 Å². The van der Waals surface area contributed by atoms with Crippen LogP contribution in [0.15, 0.2) is 61.3 Å². The van der Waals surface area contributed by atoms with E-state index >= 15 is 0 Å². The van der Waals surface area contributed by atoms with E-state index in [9.17, 15) is 9.59 Å². The van der Waals surface area contributed by atoms with Crippen LogP contribution in [0.1, 0.15) is 49.5 Å². The molecule has 178 valence electrons. The molecule has 35 heavy (non-hydrogen) atoms. The maximum atomic E-state index is 13.2. The standard InChI is InChI=1S/C29H30N4O2/c1-3-27(34)33-25-9-10-30-24-8-7-18(14-21(24)25)23-5-4-6-26(32-23)28(35)31-20-11-17-12-22-19(13-20)16-29(22,2)15-17/h3-10,14,17,19-20,22H,1,11-13,15-16H2,2H3,(H,31,35)(H,30,33,34). The van der Waals surface area contributed by atoms with E-state index in [0.717, 1.165) is 47.1 Å². The van der Waals surface area contributed by atoms with Crippen molar-refractivity contribution in [2.24, 2.45) is 23.2 Å². The number of nitrogens with one attached hydrogen (secondary N) is 2. The number of nitrogens with zero attached hydrogens (tertiary/aromatic N) is 2. The third kappa shape index (κ3) is 3.91. The normalized spacial score (nSPS) is 28.6. The lowest BCUT2D eigenvalue weighted by molar-refractivity contribution is -0.111. The number of benzene rings is 1. The van der Waals surface area contributed by atoms with E-state index in [4.69, 9.17) is 4.98 Å². The number of pyridine rings is 2. The Morgan fingerprint density at radius 2 is 2.00 bits per heavy atom. The van der Waals surface area contributed by atoms with Crippen molar-refractivity contribution in [1.82, 2.24) is 15.3 Å². The highest BCUT2D eigenvalue weighted by Crippen LogP contribution is 2.65. The number of amides is 2. The second kappa shape index (κ2) is 8.29. The summed E-state index contributed by atoms with van der Waals surface area (Å²) in [5.74, 6) is 1.98. The first kappa shape index (κ1) is 22.0. The molecule has 2 amide bonds. The number of fused-ring (bicyclic) bond motifs is 2. The minimum absolute atomic E-state index is 0.0990. The summed E-state index contributed by atoms with van der Waals surface area (Å²) in [5, 5.41) is 6.94. The van der Waals surface area contributed by atoms with E-state index in [2.05, 4.69) is 29.1 Å². The van der Waals surface area contributed by atoms with Gasteiger partial charge in [0.15, 0.2) is 0 Å². The quantitative estimate of drug-likeness (QED) is 0.496. The van der Waals surface area contributed by atoms with Gasteiger partial charge < -0.3 is 10.6 Å². The van der Waals surface area contributed by atoms with Gasteiger partial charge in [-0.15, -0.1) is 0 Å². The minimum atomic E-state index is -0.280. The van der Waals surface area contributed by atoms with Crippen molar-refractivity contribution in [3.63, 3.8) is 0 Å². The van der Waals surface area contributed by atoms with Gasteiger partial charge in [-0.3, -0.25) is 14.6 Å². The summed E-state index contributed by atoms with van der Waals surface area (Å²) in [4.78, 5) is 34.1. The van der Waals surface area contributed by atoms with Crippen molar-refractivity contribution in [3.05, 3.63) is 67.0 Å². The lowest BCUT2D eigenvalue weighted by atomic mass is 9.54. The van der Waals surface area contributed by atoms with E-state index in [1.807, 2.05) is 30.3 Å². The predicted molar refractivity (Wildman–Crippen MR) is 137 cm³/mol. The first-order chi connectivity index (χ1) is 16.9. The number of carbonyl (C=O) groups is 2. The highest BCUT2D eigenvalue weighted by Gasteiger charge is 2.58. The maximum absolute atomic E-state index is 13.2. The first-order valence-electron chi connectivity index (χ1n) is 12.5. The van der Waals surface area contributed by atoms with Crippen molar-refractivity contribution in [1.29, 1.82) is 0 Å². The van der Waals surface area contributed by atoms with Gasteiger partial charge in [0.1, 0.15) is 5.69 Å².